The monoisotopic (exact) mass is 316 g/mol. The van der Waals surface area contributed by atoms with Gasteiger partial charge in [-0.1, -0.05) is 0 Å². The fourth-order valence-electron chi connectivity index (χ4n) is 1.73. The van der Waals surface area contributed by atoms with Gasteiger partial charge in [-0.2, -0.15) is 0 Å². The van der Waals surface area contributed by atoms with E-state index in [0.717, 1.165) is 26.5 Å². The van der Waals surface area contributed by atoms with Gasteiger partial charge in [0.15, 0.2) is 0 Å². The van der Waals surface area contributed by atoms with Crippen molar-refractivity contribution < 1.29 is 9.53 Å². The molecule has 0 aliphatic carbocycles. The first-order chi connectivity index (χ1) is 10.5. The highest BCUT2D eigenvalue weighted by Crippen LogP contribution is 2.32. The average Bonchev–Trinajstić information content (AvgIpc) is 2.89. The molecule has 0 saturated heterocycles. The fourth-order valence-corrected chi connectivity index (χ4v) is 2.66. The molecule has 2 heterocycles. The van der Waals surface area contributed by atoms with E-state index in [-0.39, 0.29) is 5.91 Å². The van der Waals surface area contributed by atoms with E-state index in [1.54, 1.807) is 30.8 Å². The number of nitrogens with zero attached hydrogens (tertiary/aromatic N) is 2. The summed E-state index contributed by atoms with van der Waals surface area (Å²) in [6, 6.07) is 7.74. The summed E-state index contributed by atoms with van der Waals surface area (Å²) in [4.78, 5) is 17.9. The van der Waals surface area contributed by atoms with E-state index in [9.17, 15) is 4.79 Å². The van der Waals surface area contributed by atoms with Gasteiger partial charge in [0.2, 0.25) is 5.91 Å². The highest BCUT2D eigenvalue weighted by Gasteiger charge is 2.07. The molecule has 0 radical (unpaired) electrons. The molecule has 6 nitrogen and oxygen atoms in total. The molecule has 0 unspecified atom stereocenters. The van der Waals surface area contributed by atoms with Gasteiger partial charge in [0.25, 0.3) is 0 Å². The fraction of sp³-hybridized carbons (Fsp3) is 0.133. The quantitative estimate of drug-likeness (QED) is 0.755. The lowest BCUT2D eigenvalue weighted by Gasteiger charge is -1.96. The van der Waals surface area contributed by atoms with Crippen LogP contribution < -0.4 is 16.2 Å². The Morgan fingerprint density at radius 2 is 2.00 bits per heavy atom. The number of fused-ring (bicyclic) bond motifs is 1. The highest BCUT2D eigenvalue weighted by molar-refractivity contribution is 7.21. The number of primary amides is 1. The largest absolute Gasteiger partial charge is 0.497 e. The highest BCUT2D eigenvalue weighted by atomic mass is 32.1. The molecule has 114 valence electrons. The van der Waals surface area contributed by atoms with Crippen molar-refractivity contribution in [3.8, 4) is 16.3 Å². The van der Waals surface area contributed by atoms with Gasteiger partial charge >= 0.3 is 0 Å². The molecule has 22 heavy (non-hydrogen) atoms. The molecule has 0 fully saturated rings. The number of hydrogen-bond donors (Lipinski definition) is 2. The Labute approximate surface area is 131 Å². The van der Waals surface area contributed by atoms with Crippen LogP contribution in [0.2, 0.25) is 0 Å². The number of nitrogen functional groups attached to an aromatic ring is 1. The summed E-state index contributed by atoms with van der Waals surface area (Å²) in [6.07, 6.45) is 3.39. The molecule has 0 spiro atoms. The van der Waals surface area contributed by atoms with Crippen LogP contribution in [0.15, 0.2) is 36.7 Å². The van der Waals surface area contributed by atoms with Crippen LogP contribution in [0.25, 0.3) is 20.8 Å². The smallest absolute Gasteiger partial charge is 0.214 e. The predicted molar refractivity (Wildman–Crippen MR) is 88.7 cm³/mol. The SMILES string of the molecule is CC(N)=O.COc1ccc2sc(-c3cncc(N)c3)nc2c1. The number of carbonyl (C=O) groups excluding carboxylic acids is 1. The average molecular weight is 316 g/mol. The second kappa shape index (κ2) is 6.86. The van der Waals surface area contributed by atoms with Crippen molar-refractivity contribution in [1.29, 1.82) is 0 Å². The van der Waals surface area contributed by atoms with Crippen molar-refractivity contribution in [1.82, 2.24) is 9.97 Å². The minimum Gasteiger partial charge on any atom is -0.497 e. The number of anilines is 1. The third kappa shape index (κ3) is 3.92. The predicted octanol–water partition coefficient (Wildman–Crippen LogP) is 2.44. The number of aromatic nitrogens is 2. The normalized spacial score (nSPS) is 9.91. The number of rotatable bonds is 2. The van der Waals surface area contributed by atoms with E-state index in [4.69, 9.17) is 10.5 Å². The Hall–Kier alpha value is -2.67. The van der Waals surface area contributed by atoms with Gasteiger partial charge in [0.1, 0.15) is 10.8 Å². The minimum absolute atomic E-state index is 0.333. The van der Waals surface area contributed by atoms with Gasteiger partial charge in [-0.3, -0.25) is 9.78 Å². The third-order valence-corrected chi connectivity index (χ3v) is 3.69. The summed E-state index contributed by atoms with van der Waals surface area (Å²) in [5.41, 5.74) is 12.7. The molecule has 7 heteroatoms. The Kier molecular flexibility index (Phi) is 4.90. The molecule has 0 aliphatic heterocycles. The Bertz CT molecular complexity index is 797. The zero-order chi connectivity index (χ0) is 16.1. The zero-order valence-electron chi connectivity index (χ0n) is 12.2. The van der Waals surface area contributed by atoms with E-state index in [1.807, 2.05) is 24.3 Å². The van der Waals surface area contributed by atoms with E-state index < -0.39 is 0 Å². The molecule has 0 saturated carbocycles. The molecule has 3 aromatic rings. The maximum absolute atomic E-state index is 9.22. The van der Waals surface area contributed by atoms with Gasteiger partial charge in [-0.25, -0.2) is 4.98 Å². The molecule has 1 aromatic carbocycles. The van der Waals surface area contributed by atoms with Crippen LogP contribution in [0.1, 0.15) is 6.92 Å². The van der Waals surface area contributed by atoms with E-state index >= 15 is 0 Å². The number of carbonyl (C=O) groups is 1. The van der Waals surface area contributed by atoms with Crippen LogP contribution >= 0.6 is 11.3 Å². The van der Waals surface area contributed by atoms with Crippen molar-refractivity contribution in [3.05, 3.63) is 36.7 Å². The Morgan fingerprint density at radius 1 is 1.27 bits per heavy atom. The standard InChI is InChI=1S/C13H11N3OS.C2H5NO/c1-17-10-2-3-12-11(5-10)16-13(18-12)8-4-9(14)7-15-6-8;1-2(3)4/h2-7H,14H2,1H3;1H3,(H2,3,4). The summed E-state index contributed by atoms with van der Waals surface area (Å²) in [6.45, 7) is 1.31. The Morgan fingerprint density at radius 3 is 2.64 bits per heavy atom. The first-order valence-corrected chi connectivity index (χ1v) is 7.22. The number of amides is 1. The maximum Gasteiger partial charge on any atom is 0.214 e. The van der Waals surface area contributed by atoms with Crippen LogP contribution in [0, 0.1) is 0 Å². The number of ether oxygens (including phenoxy) is 1. The molecular weight excluding hydrogens is 300 g/mol. The van der Waals surface area contributed by atoms with E-state index in [2.05, 4.69) is 15.7 Å². The summed E-state index contributed by atoms with van der Waals surface area (Å²) in [5, 5.41) is 0.915. The van der Waals surface area contributed by atoms with Crippen molar-refractivity contribution in [2.24, 2.45) is 5.73 Å². The lowest BCUT2D eigenvalue weighted by Crippen LogP contribution is -2.01. The van der Waals surface area contributed by atoms with Crippen molar-refractivity contribution in [2.75, 3.05) is 12.8 Å². The third-order valence-electron chi connectivity index (χ3n) is 2.60. The van der Waals surface area contributed by atoms with E-state index in [1.165, 1.54) is 6.92 Å². The molecular formula is C15H16N4O2S. The van der Waals surface area contributed by atoms with E-state index in [0.29, 0.717) is 5.69 Å². The molecule has 2 aromatic heterocycles. The van der Waals surface area contributed by atoms with Gasteiger partial charge in [-0.15, -0.1) is 11.3 Å². The molecule has 1 amide bonds. The summed E-state index contributed by atoms with van der Waals surface area (Å²) < 4.78 is 6.31. The molecule has 0 aliphatic rings. The molecule has 0 atom stereocenters. The first kappa shape index (κ1) is 15.7. The lowest BCUT2D eigenvalue weighted by atomic mass is 10.3. The Balaban J connectivity index is 0.000000396. The number of pyridine rings is 1. The molecule has 0 bridgehead atoms. The minimum atomic E-state index is -0.333. The summed E-state index contributed by atoms with van der Waals surface area (Å²) >= 11 is 1.62. The number of hydrogen-bond acceptors (Lipinski definition) is 6. The maximum atomic E-state index is 9.22. The second-order valence-electron chi connectivity index (χ2n) is 4.47. The van der Waals surface area contributed by atoms with Crippen molar-refractivity contribution >= 4 is 33.1 Å². The number of thiazole rings is 1. The summed E-state index contributed by atoms with van der Waals surface area (Å²) in [5.74, 6) is 0.477. The molecule has 4 N–H and O–H groups in total. The molecule has 3 rings (SSSR count). The lowest BCUT2D eigenvalue weighted by molar-refractivity contribution is -0.115. The number of benzene rings is 1. The number of nitrogens with two attached hydrogens (primary N) is 2. The van der Waals surface area contributed by atoms with Crippen LogP contribution in [-0.2, 0) is 4.79 Å². The van der Waals surface area contributed by atoms with Gasteiger partial charge in [-0.05, 0) is 18.2 Å². The van der Waals surface area contributed by atoms with Crippen LogP contribution in [-0.4, -0.2) is 23.0 Å². The second-order valence-corrected chi connectivity index (χ2v) is 5.50. The zero-order valence-corrected chi connectivity index (χ0v) is 13.1. The topological polar surface area (TPSA) is 104 Å². The van der Waals surface area contributed by atoms with Crippen molar-refractivity contribution in [2.45, 2.75) is 6.92 Å². The van der Waals surface area contributed by atoms with Gasteiger partial charge in [0.05, 0.1) is 23.0 Å². The number of methoxy groups -OCH3 is 1. The van der Waals surface area contributed by atoms with Crippen LogP contribution in [0.5, 0.6) is 5.75 Å². The first-order valence-electron chi connectivity index (χ1n) is 6.41. The van der Waals surface area contributed by atoms with Crippen LogP contribution in [0.4, 0.5) is 5.69 Å². The van der Waals surface area contributed by atoms with Crippen LogP contribution in [0.3, 0.4) is 0 Å². The van der Waals surface area contributed by atoms with Crippen molar-refractivity contribution in [3.63, 3.8) is 0 Å². The summed E-state index contributed by atoms with van der Waals surface area (Å²) in [7, 11) is 1.65. The van der Waals surface area contributed by atoms with Gasteiger partial charge in [0, 0.05) is 30.9 Å². The van der Waals surface area contributed by atoms with Gasteiger partial charge < -0.3 is 16.2 Å².